The largest absolute Gasteiger partial charge is 0.480 e. The van der Waals surface area contributed by atoms with Crippen molar-refractivity contribution in [3.8, 4) is 0 Å². The second-order valence-corrected chi connectivity index (χ2v) is 5.38. The van der Waals surface area contributed by atoms with Gasteiger partial charge in [-0.25, -0.2) is 4.79 Å². The Hall–Kier alpha value is -1.43. The second kappa shape index (κ2) is 7.54. The number of carboxylic acids is 1. The number of hydrogen-bond acceptors (Lipinski definition) is 4. The van der Waals surface area contributed by atoms with Crippen LogP contribution in [0.25, 0.3) is 0 Å². The summed E-state index contributed by atoms with van der Waals surface area (Å²) in [5.41, 5.74) is -0.236. The zero-order chi connectivity index (χ0) is 15.1. The molecule has 1 aliphatic heterocycles. The van der Waals surface area contributed by atoms with Gasteiger partial charge in [0.2, 0.25) is 0 Å². The molecule has 5 heteroatoms. The topological polar surface area (TPSA) is 61.8 Å². The molecule has 1 aromatic rings. The van der Waals surface area contributed by atoms with Crippen LogP contribution in [0.2, 0.25) is 0 Å². The lowest BCUT2D eigenvalue weighted by Crippen LogP contribution is -2.49. The van der Waals surface area contributed by atoms with Gasteiger partial charge in [-0.05, 0) is 25.5 Å². The molecule has 0 radical (unpaired) electrons. The minimum atomic E-state index is -1.03. The maximum Gasteiger partial charge on any atom is 0.328 e. The monoisotopic (exact) mass is 292 g/mol. The van der Waals surface area contributed by atoms with Gasteiger partial charge in [0, 0.05) is 26.2 Å². The molecule has 0 spiro atoms. The molecule has 0 aromatic heterocycles. The Balaban J connectivity index is 2.11. The number of nitrogens with one attached hydrogen (secondary N) is 1. The summed E-state index contributed by atoms with van der Waals surface area (Å²) in [4.78, 5) is 14.2. The molecule has 1 fully saturated rings. The average Bonchev–Trinajstić information content (AvgIpc) is 2.78. The number of hydrogen-bond donors (Lipinski definition) is 2. The lowest BCUT2D eigenvalue weighted by molar-refractivity contribution is -0.145. The molecular formula is C16H24N2O3. The molecule has 2 N–H and O–H groups in total. The van der Waals surface area contributed by atoms with E-state index < -0.39 is 11.5 Å². The molecule has 1 saturated heterocycles. The molecule has 1 atom stereocenters. The van der Waals surface area contributed by atoms with E-state index in [0.29, 0.717) is 6.42 Å². The summed E-state index contributed by atoms with van der Waals surface area (Å²) in [6.45, 7) is 4.10. The van der Waals surface area contributed by atoms with E-state index in [4.69, 9.17) is 4.74 Å². The Labute approximate surface area is 125 Å². The minimum Gasteiger partial charge on any atom is -0.480 e. The minimum absolute atomic E-state index is 0.531. The molecule has 116 valence electrons. The number of carboxylic acid groups (broad SMARTS) is 1. The third-order valence-corrected chi connectivity index (χ3v) is 4.18. The first-order chi connectivity index (χ1) is 10.2. The van der Waals surface area contributed by atoms with Crippen molar-refractivity contribution in [2.24, 2.45) is 0 Å². The summed E-state index contributed by atoms with van der Waals surface area (Å²) in [6.07, 6.45) is 1.54. The Bertz CT molecular complexity index is 444. The predicted molar refractivity (Wildman–Crippen MR) is 81.3 cm³/mol. The summed E-state index contributed by atoms with van der Waals surface area (Å²) in [5.74, 6) is -0.831. The van der Waals surface area contributed by atoms with Crippen molar-refractivity contribution in [2.75, 3.05) is 39.9 Å². The fourth-order valence-corrected chi connectivity index (χ4v) is 2.82. The highest BCUT2D eigenvalue weighted by atomic mass is 16.5. The molecule has 21 heavy (non-hydrogen) atoms. The van der Waals surface area contributed by atoms with E-state index in [9.17, 15) is 9.90 Å². The molecule has 0 amide bonds. The Kier molecular flexibility index (Phi) is 5.73. The lowest BCUT2D eigenvalue weighted by Gasteiger charge is -2.32. The molecule has 0 aliphatic carbocycles. The van der Waals surface area contributed by atoms with Crippen LogP contribution in [0.3, 0.4) is 0 Å². The van der Waals surface area contributed by atoms with Crippen LogP contribution in [0.4, 0.5) is 0 Å². The number of rotatable bonds is 6. The first-order valence-electron chi connectivity index (χ1n) is 7.47. The van der Waals surface area contributed by atoms with Crippen LogP contribution < -0.4 is 5.32 Å². The maximum absolute atomic E-state index is 11.9. The number of ether oxygens (including phenoxy) is 1. The second-order valence-electron chi connectivity index (χ2n) is 5.38. The van der Waals surface area contributed by atoms with Crippen LogP contribution in [0, 0.1) is 0 Å². The zero-order valence-electron chi connectivity index (χ0n) is 12.5. The highest BCUT2D eigenvalue weighted by molar-refractivity contribution is 5.80. The van der Waals surface area contributed by atoms with E-state index in [1.54, 1.807) is 7.05 Å². The molecule has 2 rings (SSSR count). The van der Waals surface area contributed by atoms with Gasteiger partial charge < -0.3 is 20.1 Å². The molecule has 1 aliphatic rings. The van der Waals surface area contributed by atoms with Crippen LogP contribution >= 0.6 is 0 Å². The fourth-order valence-electron chi connectivity index (χ4n) is 2.82. The van der Waals surface area contributed by atoms with E-state index >= 15 is 0 Å². The van der Waals surface area contributed by atoms with Crippen molar-refractivity contribution in [1.29, 1.82) is 0 Å². The number of aliphatic carboxylic acids is 1. The summed E-state index contributed by atoms with van der Waals surface area (Å²) in [6, 6.07) is 9.40. The van der Waals surface area contributed by atoms with Crippen molar-refractivity contribution >= 4 is 5.97 Å². The number of likely N-dealkylation sites (N-methyl/N-ethyl adjacent to an activating group) is 1. The van der Waals surface area contributed by atoms with Gasteiger partial charge in [0.15, 0.2) is 0 Å². The van der Waals surface area contributed by atoms with Gasteiger partial charge in [-0.2, -0.15) is 0 Å². The van der Waals surface area contributed by atoms with Crippen molar-refractivity contribution in [3.63, 3.8) is 0 Å². The smallest absolute Gasteiger partial charge is 0.328 e. The molecule has 1 heterocycles. The first-order valence-corrected chi connectivity index (χ1v) is 7.47. The summed E-state index contributed by atoms with van der Waals surface area (Å²) in [5, 5.41) is 12.8. The van der Waals surface area contributed by atoms with Crippen molar-refractivity contribution in [3.05, 3.63) is 35.9 Å². The zero-order valence-corrected chi connectivity index (χ0v) is 12.5. The standard InChI is InChI=1S/C16H24N2O3/c1-17-16(15(19)20,14-6-3-2-4-7-14)8-10-18-9-5-12-21-13-11-18/h2-4,6-7,17H,5,8-13H2,1H3,(H,19,20). The van der Waals surface area contributed by atoms with E-state index in [1.807, 2.05) is 30.3 Å². The van der Waals surface area contributed by atoms with Gasteiger partial charge in [0.25, 0.3) is 0 Å². The normalized spacial score (nSPS) is 19.7. The summed E-state index contributed by atoms with van der Waals surface area (Å²) >= 11 is 0. The molecule has 5 nitrogen and oxygen atoms in total. The highest BCUT2D eigenvalue weighted by Crippen LogP contribution is 2.25. The molecule has 0 saturated carbocycles. The van der Waals surface area contributed by atoms with Crippen molar-refractivity contribution in [2.45, 2.75) is 18.4 Å². The number of carbonyl (C=O) groups is 1. The number of nitrogens with zero attached hydrogens (tertiary/aromatic N) is 1. The van der Waals surface area contributed by atoms with Gasteiger partial charge >= 0.3 is 5.97 Å². The third kappa shape index (κ3) is 3.81. The SMILES string of the molecule is CNC(CCN1CCCOCC1)(C(=O)O)c1ccccc1. The maximum atomic E-state index is 11.9. The number of benzene rings is 1. The Morgan fingerprint density at radius 3 is 2.76 bits per heavy atom. The van der Waals surface area contributed by atoms with E-state index in [-0.39, 0.29) is 0 Å². The summed E-state index contributed by atoms with van der Waals surface area (Å²) in [7, 11) is 1.71. The van der Waals surface area contributed by atoms with Gasteiger partial charge in [0.05, 0.1) is 6.61 Å². The van der Waals surface area contributed by atoms with Gasteiger partial charge in [-0.3, -0.25) is 0 Å². The van der Waals surface area contributed by atoms with Gasteiger partial charge in [0.1, 0.15) is 5.54 Å². The lowest BCUT2D eigenvalue weighted by atomic mass is 9.86. The first kappa shape index (κ1) is 15.9. The van der Waals surface area contributed by atoms with Gasteiger partial charge in [-0.15, -0.1) is 0 Å². The van der Waals surface area contributed by atoms with Crippen LogP contribution in [-0.2, 0) is 15.1 Å². The van der Waals surface area contributed by atoms with Crippen LogP contribution in [0.15, 0.2) is 30.3 Å². The Morgan fingerprint density at radius 1 is 1.33 bits per heavy atom. The molecule has 0 bridgehead atoms. The van der Waals surface area contributed by atoms with Crippen LogP contribution in [0.5, 0.6) is 0 Å². The van der Waals surface area contributed by atoms with E-state index in [2.05, 4.69) is 10.2 Å². The van der Waals surface area contributed by atoms with Gasteiger partial charge in [-0.1, -0.05) is 30.3 Å². The predicted octanol–water partition coefficient (Wildman–Crippen LogP) is 1.30. The third-order valence-electron chi connectivity index (χ3n) is 4.18. The van der Waals surface area contributed by atoms with E-state index in [1.165, 1.54) is 0 Å². The van der Waals surface area contributed by atoms with Crippen molar-refractivity contribution < 1.29 is 14.6 Å². The summed E-state index contributed by atoms with van der Waals surface area (Å²) < 4.78 is 5.44. The van der Waals surface area contributed by atoms with Crippen LogP contribution in [-0.4, -0.2) is 55.9 Å². The molecule has 1 unspecified atom stereocenters. The van der Waals surface area contributed by atoms with Crippen LogP contribution in [0.1, 0.15) is 18.4 Å². The molecular weight excluding hydrogens is 268 g/mol. The van der Waals surface area contributed by atoms with E-state index in [0.717, 1.165) is 44.8 Å². The fraction of sp³-hybridized carbons (Fsp3) is 0.562. The van der Waals surface area contributed by atoms with Crippen molar-refractivity contribution in [1.82, 2.24) is 10.2 Å². The average molecular weight is 292 g/mol. The Morgan fingerprint density at radius 2 is 2.10 bits per heavy atom. The molecule has 1 aromatic carbocycles. The highest BCUT2D eigenvalue weighted by Gasteiger charge is 2.38. The quantitative estimate of drug-likeness (QED) is 0.827.